The Hall–Kier alpha value is -3.81. The maximum atomic E-state index is 12.8. The quantitative estimate of drug-likeness (QED) is 0.689. The summed E-state index contributed by atoms with van der Waals surface area (Å²) >= 11 is 0. The molecule has 0 fully saturated rings. The van der Waals surface area contributed by atoms with Gasteiger partial charge in [-0.25, -0.2) is 4.79 Å². The minimum absolute atomic E-state index is 0.0856. The second-order valence-electron chi connectivity index (χ2n) is 7.43. The number of aryl methyl sites for hydroxylation is 1. The van der Waals surface area contributed by atoms with Gasteiger partial charge >= 0.3 is 11.9 Å². The first kappa shape index (κ1) is 21.9. The molecular weight excluding hydrogens is 404 g/mol. The average Bonchev–Trinajstić information content (AvgIpc) is 2.65. The fourth-order valence-corrected chi connectivity index (χ4v) is 3.28. The monoisotopic (exact) mass is 426 g/mol. The van der Waals surface area contributed by atoms with Crippen LogP contribution in [0.5, 0.6) is 11.5 Å². The number of ether oxygens (including phenoxy) is 3. The first-order valence-electron chi connectivity index (χ1n) is 9.49. The molecule has 1 atom stereocenters. The number of hydrogen-bond acceptors (Lipinski definition) is 8. The molecule has 0 bridgehead atoms. The number of phenolic OH excluding ortho intramolecular Hbond substituents is 2. The van der Waals surface area contributed by atoms with E-state index < -0.39 is 29.1 Å². The van der Waals surface area contributed by atoms with Crippen LogP contribution in [0.1, 0.15) is 36.2 Å². The Morgan fingerprint density at radius 1 is 1.26 bits per heavy atom. The number of ketones is 1. The number of carbonyl (C=O) groups is 3. The van der Waals surface area contributed by atoms with Crippen molar-refractivity contribution in [2.24, 2.45) is 0 Å². The van der Waals surface area contributed by atoms with Crippen molar-refractivity contribution in [1.82, 2.24) is 0 Å². The van der Waals surface area contributed by atoms with Crippen LogP contribution in [0.25, 0.3) is 0 Å². The number of rotatable bonds is 5. The van der Waals surface area contributed by atoms with E-state index in [1.54, 1.807) is 18.2 Å². The van der Waals surface area contributed by atoms with Crippen molar-refractivity contribution < 1.29 is 38.8 Å². The molecule has 162 valence electrons. The SMILES string of the molecule is CC(=O)OCC=CC1=CC2=CC(=O)C(C)(OC(=O)c3c(C)cc(O)cc3O)CC2=CO1. The number of esters is 2. The molecule has 1 aromatic rings. The van der Waals surface area contributed by atoms with E-state index in [0.717, 1.165) is 6.07 Å². The Labute approximate surface area is 178 Å². The van der Waals surface area contributed by atoms with Crippen LogP contribution < -0.4 is 0 Å². The Balaban J connectivity index is 1.77. The van der Waals surface area contributed by atoms with Gasteiger partial charge in [-0.3, -0.25) is 9.59 Å². The largest absolute Gasteiger partial charge is 0.508 e. The van der Waals surface area contributed by atoms with Gasteiger partial charge in [0.2, 0.25) is 0 Å². The molecule has 1 aliphatic carbocycles. The summed E-state index contributed by atoms with van der Waals surface area (Å²) in [6.45, 7) is 4.44. The number of phenols is 2. The fourth-order valence-electron chi connectivity index (χ4n) is 3.28. The Morgan fingerprint density at radius 3 is 2.68 bits per heavy atom. The van der Waals surface area contributed by atoms with Crippen molar-refractivity contribution in [2.75, 3.05) is 6.61 Å². The van der Waals surface area contributed by atoms with Crippen LogP contribution in [-0.2, 0) is 23.8 Å². The maximum absolute atomic E-state index is 12.8. The normalized spacial score (nSPS) is 20.2. The van der Waals surface area contributed by atoms with E-state index in [-0.39, 0.29) is 24.3 Å². The van der Waals surface area contributed by atoms with E-state index in [1.807, 2.05) is 0 Å². The van der Waals surface area contributed by atoms with Crippen LogP contribution in [0.4, 0.5) is 0 Å². The first-order chi connectivity index (χ1) is 14.6. The minimum atomic E-state index is -1.48. The number of benzene rings is 1. The molecule has 1 aliphatic heterocycles. The van der Waals surface area contributed by atoms with E-state index in [4.69, 9.17) is 14.2 Å². The number of allylic oxidation sites excluding steroid dienone is 3. The zero-order chi connectivity index (χ0) is 22.8. The maximum Gasteiger partial charge on any atom is 0.343 e. The third-order valence-electron chi connectivity index (χ3n) is 4.83. The molecule has 0 amide bonds. The van der Waals surface area contributed by atoms with Crippen molar-refractivity contribution in [3.05, 3.63) is 70.7 Å². The molecule has 1 heterocycles. The predicted molar refractivity (Wildman–Crippen MR) is 109 cm³/mol. The second-order valence-corrected chi connectivity index (χ2v) is 7.43. The molecule has 1 aromatic carbocycles. The summed E-state index contributed by atoms with van der Waals surface area (Å²) in [6.07, 6.45) is 7.81. The van der Waals surface area contributed by atoms with Gasteiger partial charge < -0.3 is 24.4 Å². The summed E-state index contributed by atoms with van der Waals surface area (Å²) in [7, 11) is 0. The lowest BCUT2D eigenvalue weighted by Crippen LogP contribution is -2.42. The molecule has 0 spiro atoms. The number of fused-ring (bicyclic) bond motifs is 1. The average molecular weight is 426 g/mol. The number of hydrogen-bond donors (Lipinski definition) is 2. The molecule has 8 heteroatoms. The van der Waals surface area contributed by atoms with Crippen LogP contribution >= 0.6 is 0 Å². The summed E-state index contributed by atoms with van der Waals surface area (Å²) in [5, 5.41) is 19.6. The smallest absolute Gasteiger partial charge is 0.343 e. The molecule has 2 aliphatic rings. The summed E-state index contributed by atoms with van der Waals surface area (Å²) in [5.74, 6) is -1.84. The van der Waals surface area contributed by atoms with Crippen LogP contribution in [0, 0.1) is 6.92 Å². The van der Waals surface area contributed by atoms with Gasteiger partial charge in [0.25, 0.3) is 0 Å². The van der Waals surface area contributed by atoms with E-state index in [1.165, 1.54) is 39.2 Å². The Kier molecular flexibility index (Phi) is 6.01. The predicted octanol–water partition coefficient (Wildman–Crippen LogP) is 3.14. The summed E-state index contributed by atoms with van der Waals surface area (Å²) in [5.41, 5.74) is 0.0111. The lowest BCUT2D eigenvalue weighted by Gasteiger charge is -2.33. The summed E-state index contributed by atoms with van der Waals surface area (Å²) in [4.78, 5) is 36.2. The zero-order valence-corrected chi connectivity index (χ0v) is 17.3. The lowest BCUT2D eigenvalue weighted by molar-refractivity contribution is -0.139. The Bertz CT molecular complexity index is 1050. The van der Waals surface area contributed by atoms with E-state index in [9.17, 15) is 24.6 Å². The molecule has 0 saturated heterocycles. The van der Waals surface area contributed by atoms with Gasteiger partial charge in [0, 0.05) is 19.4 Å². The second kappa shape index (κ2) is 8.51. The first-order valence-corrected chi connectivity index (χ1v) is 9.49. The molecule has 3 rings (SSSR count). The molecule has 0 saturated carbocycles. The highest BCUT2D eigenvalue weighted by atomic mass is 16.6. The van der Waals surface area contributed by atoms with Gasteiger partial charge in [-0.2, -0.15) is 0 Å². The van der Waals surface area contributed by atoms with Crippen molar-refractivity contribution in [2.45, 2.75) is 32.8 Å². The molecule has 0 radical (unpaired) electrons. The molecule has 0 aromatic heterocycles. The summed E-state index contributed by atoms with van der Waals surface area (Å²) < 4.78 is 15.8. The number of aromatic hydroxyl groups is 2. The van der Waals surface area contributed by atoms with Crippen LogP contribution in [0.15, 0.2) is 59.6 Å². The third-order valence-corrected chi connectivity index (χ3v) is 4.83. The Morgan fingerprint density at radius 2 is 2.00 bits per heavy atom. The van der Waals surface area contributed by atoms with Crippen molar-refractivity contribution in [3.63, 3.8) is 0 Å². The van der Waals surface area contributed by atoms with E-state index >= 15 is 0 Å². The van der Waals surface area contributed by atoms with Crippen molar-refractivity contribution in [1.29, 1.82) is 0 Å². The summed E-state index contributed by atoms with van der Waals surface area (Å²) in [6, 6.07) is 2.35. The zero-order valence-electron chi connectivity index (χ0n) is 17.3. The molecule has 8 nitrogen and oxygen atoms in total. The van der Waals surface area contributed by atoms with Gasteiger partial charge in [0.15, 0.2) is 11.4 Å². The fraction of sp³-hybridized carbons (Fsp3) is 0.261. The van der Waals surface area contributed by atoms with Crippen LogP contribution in [0.2, 0.25) is 0 Å². The molecule has 2 N–H and O–H groups in total. The van der Waals surface area contributed by atoms with E-state index in [0.29, 0.717) is 22.5 Å². The van der Waals surface area contributed by atoms with Gasteiger partial charge in [0.05, 0.1) is 6.26 Å². The molecule has 31 heavy (non-hydrogen) atoms. The minimum Gasteiger partial charge on any atom is -0.508 e. The lowest BCUT2D eigenvalue weighted by atomic mass is 9.81. The highest BCUT2D eigenvalue weighted by Crippen LogP contribution is 2.37. The van der Waals surface area contributed by atoms with Gasteiger partial charge in [-0.15, -0.1) is 0 Å². The highest BCUT2D eigenvalue weighted by molar-refractivity contribution is 6.03. The molecule has 1 unspecified atom stereocenters. The standard InChI is InChI=1S/C23H22O8/c1-13-7-17(25)10-19(26)21(13)22(28)31-23(3)11-16-12-30-18(5-4-6-29-14(2)24)8-15(16)9-20(23)27/h4-5,7-10,12,25-26H,6,11H2,1-3H3. The topological polar surface area (TPSA) is 119 Å². The van der Waals surface area contributed by atoms with Crippen LogP contribution in [0.3, 0.4) is 0 Å². The van der Waals surface area contributed by atoms with Gasteiger partial charge in [-0.05, 0) is 60.9 Å². The van der Waals surface area contributed by atoms with Crippen molar-refractivity contribution >= 4 is 17.7 Å². The van der Waals surface area contributed by atoms with Gasteiger partial charge in [-0.1, -0.05) is 0 Å². The van der Waals surface area contributed by atoms with Crippen LogP contribution in [-0.4, -0.2) is 40.1 Å². The van der Waals surface area contributed by atoms with E-state index in [2.05, 4.69) is 0 Å². The number of carbonyl (C=O) groups excluding carboxylic acids is 3. The molecular formula is C23H22O8. The van der Waals surface area contributed by atoms with Crippen molar-refractivity contribution in [3.8, 4) is 11.5 Å². The third kappa shape index (κ3) is 4.85. The highest BCUT2D eigenvalue weighted by Gasteiger charge is 2.42. The van der Waals surface area contributed by atoms with Gasteiger partial charge in [0.1, 0.15) is 29.4 Å².